The number of aryl methyl sites for hydroxylation is 1. The standard InChI is InChI=1S/C29H31N3O3/c1-16-20-8-9-22(16)32(15-20)29(33)21-12-24(34-3)26-17(2)27(35-25(26)13-21)23-11-19-5-4-10-30-28(19)31(23)14-18-6-7-18/h4-5,10-13,16,18,20,22H,6-9,14-15H2,1-3H3/t16-,20?,22?/m1/s1. The summed E-state index contributed by atoms with van der Waals surface area (Å²) in [6.45, 7) is 6.18. The first-order valence-corrected chi connectivity index (χ1v) is 12.9. The van der Waals surface area contributed by atoms with Gasteiger partial charge in [-0.05, 0) is 80.7 Å². The van der Waals surface area contributed by atoms with Gasteiger partial charge in [0.15, 0.2) is 5.76 Å². The van der Waals surface area contributed by atoms with Gasteiger partial charge < -0.3 is 18.6 Å². The first-order chi connectivity index (χ1) is 17.0. The molecule has 4 aromatic rings. The Labute approximate surface area is 204 Å². The quantitative estimate of drug-likeness (QED) is 0.357. The number of rotatable bonds is 5. The molecule has 3 aromatic heterocycles. The van der Waals surface area contributed by atoms with Gasteiger partial charge in [0.2, 0.25) is 0 Å². The number of carbonyl (C=O) groups is 1. The van der Waals surface area contributed by atoms with Crippen LogP contribution in [0.4, 0.5) is 0 Å². The van der Waals surface area contributed by atoms with E-state index in [9.17, 15) is 4.79 Å². The fourth-order valence-electron chi connectivity index (χ4n) is 6.60. The van der Waals surface area contributed by atoms with Gasteiger partial charge in [0.05, 0.1) is 18.2 Å². The lowest BCUT2D eigenvalue weighted by Gasteiger charge is -2.27. The molecular formula is C29H31N3O3. The number of piperidine rings is 1. The molecule has 4 heterocycles. The third kappa shape index (κ3) is 3.15. The van der Waals surface area contributed by atoms with E-state index in [0.717, 1.165) is 52.9 Å². The fraction of sp³-hybridized carbons (Fsp3) is 0.448. The van der Waals surface area contributed by atoms with Gasteiger partial charge in [-0.15, -0.1) is 0 Å². The average molecular weight is 470 g/mol. The van der Waals surface area contributed by atoms with Gasteiger partial charge in [0, 0.05) is 41.8 Å². The van der Waals surface area contributed by atoms with Crippen molar-refractivity contribution in [3.8, 4) is 17.2 Å². The summed E-state index contributed by atoms with van der Waals surface area (Å²) in [5.74, 6) is 3.53. The van der Waals surface area contributed by atoms with Gasteiger partial charge in [-0.2, -0.15) is 0 Å². The molecule has 0 spiro atoms. The van der Waals surface area contributed by atoms with E-state index in [1.807, 2.05) is 24.4 Å². The molecule has 0 radical (unpaired) electrons. The van der Waals surface area contributed by atoms with Crippen LogP contribution >= 0.6 is 0 Å². The van der Waals surface area contributed by atoms with Crippen molar-refractivity contribution in [2.45, 2.75) is 52.1 Å². The predicted molar refractivity (Wildman–Crippen MR) is 136 cm³/mol. The molecule has 3 aliphatic rings. The molecule has 1 amide bonds. The largest absolute Gasteiger partial charge is 0.496 e. The molecule has 7 rings (SSSR count). The SMILES string of the molecule is COc1cc(C(=O)N2CC3CCC2[C@@H]3C)cc2oc(-c3cc4cccnc4n3CC3CC3)c(C)c12. The molecule has 2 bridgehead atoms. The molecule has 2 saturated carbocycles. The van der Waals surface area contributed by atoms with Crippen molar-refractivity contribution in [1.82, 2.24) is 14.5 Å². The summed E-state index contributed by atoms with van der Waals surface area (Å²) < 4.78 is 14.6. The molecule has 180 valence electrons. The number of carbonyl (C=O) groups excluding carboxylic acids is 1. The highest BCUT2D eigenvalue weighted by Crippen LogP contribution is 2.45. The molecule has 6 heteroatoms. The van der Waals surface area contributed by atoms with Crippen molar-refractivity contribution < 1.29 is 13.9 Å². The second-order valence-corrected chi connectivity index (χ2v) is 10.8. The minimum atomic E-state index is 0.0897. The molecule has 1 aliphatic heterocycles. The van der Waals surface area contributed by atoms with Gasteiger partial charge >= 0.3 is 0 Å². The second kappa shape index (κ2) is 7.61. The highest BCUT2D eigenvalue weighted by atomic mass is 16.5. The molecule has 35 heavy (non-hydrogen) atoms. The van der Waals surface area contributed by atoms with Crippen LogP contribution in [0.15, 0.2) is 40.9 Å². The smallest absolute Gasteiger partial charge is 0.254 e. The zero-order valence-corrected chi connectivity index (χ0v) is 20.6. The summed E-state index contributed by atoms with van der Waals surface area (Å²) in [6.07, 6.45) is 6.74. The highest BCUT2D eigenvalue weighted by molar-refractivity contribution is 6.02. The number of furan rings is 1. The lowest BCUT2D eigenvalue weighted by molar-refractivity contribution is 0.0695. The number of aromatic nitrogens is 2. The van der Waals surface area contributed by atoms with E-state index in [0.29, 0.717) is 40.7 Å². The normalized spacial score (nSPS) is 23.6. The molecule has 6 nitrogen and oxygen atoms in total. The topological polar surface area (TPSA) is 60.5 Å². The van der Waals surface area contributed by atoms with Crippen LogP contribution in [-0.2, 0) is 6.54 Å². The molecule has 1 aromatic carbocycles. The second-order valence-electron chi connectivity index (χ2n) is 10.8. The number of ether oxygens (including phenoxy) is 1. The maximum absolute atomic E-state index is 13.6. The van der Waals surface area contributed by atoms with Crippen LogP contribution in [-0.4, -0.2) is 40.1 Å². The lowest BCUT2D eigenvalue weighted by atomic mass is 10.0. The molecule has 3 atom stereocenters. The Balaban J connectivity index is 1.35. The van der Waals surface area contributed by atoms with E-state index in [2.05, 4.69) is 40.4 Å². The first kappa shape index (κ1) is 21.0. The zero-order chi connectivity index (χ0) is 23.8. The van der Waals surface area contributed by atoms with Crippen molar-refractivity contribution in [2.24, 2.45) is 17.8 Å². The van der Waals surface area contributed by atoms with Crippen LogP contribution in [0.5, 0.6) is 5.75 Å². The van der Waals surface area contributed by atoms with E-state index in [4.69, 9.17) is 9.15 Å². The molecular weight excluding hydrogens is 438 g/mol. The Kier molecular flexibility index (Phi) is 4.57. The first-order valence-electron chi connectivity index (χ1n) is 12.9. The van der Waals surface area contributed by atoms with Crippen molar-refractivity contribution in [3.05, 3.63) is 47.7 Å². The van der Waals surface area contributed by atoms with E-state index in [1.165, 1.54) is 19.3 Å². The monoisotopic (exact) mass is 469 g/mol. The van der Waals surface area contributed by atoms with Crippen molar-refractivity contribution in [3.63, 3.8) is 0 Å². The summed E-state index contributed by atoms with van der Waals surface area (Å²) in [7, 11) is 1.67. The van der Waals surface area contributed by atoms with Crippen molar-refractivity contribution >= 4 is 27.9 Å². The number of methoxy groups -OCH3 is 1. The zero-order valence-electron chi connectivity index (χ0n) is 20.6. The van der Waals surface area contributed by atoms with E-state index in [1.54, 1.807) is 7.11 Å². The Hall–Kier alpha value is -3.28. The highest BCUT2D eigenvalue weighted by Gasteiger charge is 2.46. The Morgan fingerprint density at radius 1 is 1.20 bits per heavy atom. The minimum Gasteiger partial charge on any atom is -0.496 e. The van der Waals surface area contributed by atoms with Gasteiger partial charge in [0.25, 0.3) is 5.91 Å². The molecule has 0 N–H and O–H groups in total. The minimum absolute atomic E-state index is 0.0897. The number of fused-ring (bicyclic) bond motifs is 4. The molecule has 1 saturated heterocycles. The summed E-state index contributed by atoms with van der Waals surface area (Å²) >= 11 is 0. The van der Waals surface area contributed by atoms with E-state index < -0.39 is 0 Å². The van der Waals surface area contributed by atoms with Crippen LogP contribution in [0.2, 0.25) is 0 Å². The number of benzene rings is 1. The molecule has 2 unspecified atom stereocenters. The summed E-state index contributed by atoms with van der Waals surface area (Å²) in [4.78, 5) is 20.3. The predicted octanol–water partition coefficient (Wildman–Crippen LogP) is 6.05. The van der Waals surface area contributed by atoms with Gasteiger partial charge in [-0.3, -0.25) is 4.79 Å². The van der Waals surface area contributed by atoms with Crippen LogP contribution in [0.3, 0.4) is 0 Å². The summed E-state index contributed by atoms with van der Waals surface area (Å²) in [5.41, 5.74) is 4.42. The maximum Gasteiger partial charge on any atom is 0.254 e. The van der Waals surface area contributed by atoms with E-state index in [-0.39, 0.29) is 5.91 Å². The number of amides is 1. The number of nitrogens with zero attached hydrogens (tertiary/aromatic N) is 3. The average Bonchev–Trinajstić information content (AvgIpc) is 3.27. The third-order valence-electron chi connectivity index (χ3n) is 8.76. The Morgan fingerprint density at radius 3 is 2.77 bits per heavy atom. The lowest BCUT2D eigenvalue weighted by Crippen LogP contribution is -2.38. The van der Waals surface area contributed by atoms with Crippen LogP contribution in [0.1, 0.15) is 48.5 Å². The number of hydrogen-bond acceptors (Lipinski definition) is 4. The Morgan fingerprint density at radius 2 is 2.06 bits per heavy atom. The van der Waals surface area contributed by atoms with Crippen molar-refractivity contribution in [2.75, 3.05) is 13.7 Å². The van der Waals surface area contributed by atoms with Gasteiger partial charge in [-0.25, -0.2) is 4.98 Å². The number of pyridine rings is 1. The number of hydrogen-bond donors (Lipinski definition) is 0. The van der Waals surface area contributed by atoms with Gasteiger partial charge in [0.1, 0.15) is 17.0 Å². The van der Waals surface area contributed by atoms with Gasteiger partial charge in [-0.1, -0.05) is 6.92 Å². The summed E-state index contributed by atoms with van der Waals surface area (Å²) in [6, 6.07) is 10.4. The van der Waals surface area contributed by atoms with Crippen LogP contribution in [0, 0.1) is 24.7 Å². The van der Waals surface area contributed by atoms with E-state index >= 15 is 0 Å². The summed E-state index contributed by atoms with van der Waals surface area (Å²) in [5, 5.41) is 2.05. The van der Waals surface area contributed by atoms with Crippen LogP contribution in [0.25, 0.3) is 33.5 Å². The number of likely N-dealkylation sites (tertiary alicyclic amines) is 1. The third-order valence-corrected chi connectivity index (χ3v) is 8.76. The maximum atomic E-state index is 13.6. The molecule has 3 fully saturated rings. The fourth-order valence-corrected chi connectivity index (χ4v) is 6.60. The van der Waals surface area contributed by atoms with Crippen LogP contribution < -0.4 is 4.74 Å². The Bertz CT molecular complexity index is 1480. The van der Waals surface area contributed by atoms with Crippen molar-refractivity contribution in [1.29, 1.82) is 0 Å². The molecule has 2 aliphatic carbocycles.